The molecule has 0 radical (unpaired) electrons. The van der Waals surface area contributed by atoms with E-state index < -0.39 is 5.97 Å². The van der Waals surface area contributed by atoms with Crippen molar-refractivity contribution in [2.45, 2.75) is 30.6 Å². The summed E-state index contributed by atoms with van der Waals surface area (Å²) >= 11 is 2.82. The highest BCUT2D eigenvalue weighted by Gasteiger charge is 2.31. The van der Waals surface area contributed by atoms with Crippen molar-refractivity contribution in [1.82, 2.24) is 20.8 Å². The standard InChI is InChI=1S/C13H19N5O3S2/c1-4-7-9(10(19)21-5-2)8(16-11(20)15-7)6-22-13-18-17-12(14-3)23-13/h7H,4-6H2,1-3H3,(H,14,17)(H2,15,16,20)/t7-/m0/s1. The van der Waals surface area contributed by atoms with E-state index in [0.717, 1.165) is 4.34 Å². The Hall–Kier alpha value is -1.81. The van der Waals surface area contributed by atoms with Gasteiger partial charge in [-0.1, -0.05) is 30.0 Å². The number of rotatable bonds is 7. The molecule has 2 rings (SSSR count). The minimum Gasteiger partial charge on any atom is -0.463 e. The molecule has 0 aromatic carbocycles. The van der Waals surface area contributed by atoms with Gasteiger partial charge < -0.3 is 20.7 Å². The topological polar surface area (TPSA) is 105 Å². The molecule has 0 saturated carbocycles. The molecule has 8 nitrogen and oxygen atoms in total. The van der Waals surface area contributed by atoms with Crippen LogP contribution in [-0.4, -0.2) is 47.6 Å². The zero-order chi connectivity index (χ0) is 16.8. The minimum absolute atomic E-state index is 0.287. The first kappa shape index (κ1) is 17.5. The van der Waals surface area contributed by atoms with E-state index in [1.165, 1.54) is 23.1 Å². The lowest BCUT2D eigenvalue weighted by Crippen LogP contribution is -2.50. The van der Waals surface area contributed by atoms with Crippen LogP contribution < -0.4 is 16.0 Å². The second-order valence-corrected chi connectivity index (χ2v) is 6.78. The molecule has 2 heterocycles. The van der Waals surface area contributed by atoms with E-state index in [0.29, 0.717) is 28.6 Å². The Morgan fingerprint density at radius 1 is 1.43 bits per heavy atom. The zero-order valence-corrected chi connectivity index (χ0v) is 14.8. The van der Waals surface area contributed by atoms with E-state index in [-0.39, 0.29) is 18.7 Å². The Bertz CT molecular complexity index is 617. The number of aromatic nitrogens is 2. The number of carbonyl (C=O) groups excluding carboxylic acids is 2. The molecular formula is C13H19N5O3S2. The van der Waals surface area contributed by atoms with Crippen molar-refractivity contribution in [2.24, 2.45) is 0 Å². The van der Waals surface area contributed by atoms with Gasteiger partial charge in [-0.05, 0) is 13.3 Å². The molecule has 23 heavy (non-hydrogen) atoms. The third kappa shape index (κ3) is 4.35. The normalized spacial score (nSPS) is 17.5. The Kier molecular flexibility index (Phi) is 6.22. The molecule has 1 aliphatic heterocycles. The van der Waals surface area contributed by atoms with Crippen LogP contribution in [-0.2, 0) is 9.53 Å². The van der Waals surface area contributed by atoms with Crippen LogP contribution in [0.25, 0.3) is 0 Å². The third-order valence-electron chi connectivity index (χ3n) is 3.11. The lowest BCUT2D eigenvalue weighted by Gasteiger charge is -2.28. The molecule has 1 aromatic heterocycles. The summed E-state index contributed by atoms with van der Waals surface area (Å²) in [6.07, 6.45) is 0.610. The van der Waals surface area contributed by atoms with Crippen LogP contribution in [0.5, 0.6) is 0 Å². The molecule has 10 heteroatoms. The number of anilines is 1. The van der Waals surface area contributed by atoms with Gasteiger partial charge in [0, 0.05) is 18.5 Å². The Morgan fingerprint density at radius 2 is 2.22 bits per heavy atom. The molecule has 0 fully saturated rings. The molecule has 0 saturated heterocycles. The number of ether oxygens (including phenoxy) is 1. The molecule has 1 aromatic rings. The van der Waals surface area contributed by atoms with Crippen LogP contribution in [0.1, 0.15) is 20.3 Å². The van der Waals surface area contributed by atoms with Crippen molar-refractivity contribution in [2.75, 3.05) is 24.7 Å². The van der Waals surface area contributed by atoms with E-state index in [1.807, 2.05) is 6.92 Å². The number of thioether (sulfide) groups is 1. The number of esters is 1. The first-order valence-corrected chi connectivity index (χ1v) is 9.00. The third-order valence-corrected chi connectivity index (χ3v) is 5.21. The van der Waals surface area contributed by atoms with E-state index in [9.17, 15) is 9.59 Å². The quantitative estimate of drug-likeness (QED) is 0.502. The second kappa shape index (κ2) is 8.16. The van der Waals surface area contributed by atoms with Crippen LogP contribution >= 0.6 is 23.1 Å². The molecule has 1 atom stereocenters. The van der Waals surface area contributed by atoms with Gasteiger partial charge in [-0.15, -0.1) is 10.2 Å². The Morgan fingerprint density at radius 3 is 2.83 bits per heavy atom. The highest BCUT2D eigenvalue weighted by Crippen LogP contribution is 2.28. The van der Waals surface area contributed by atoms with E-state index in [4.69, 9.17) is 4.74 Å². The molecule has 0 spiro atoms. The number of amides is 2. The van der Waals surface area contributed by atoms with Crippen LogP contribution in [0, 0.1) is 0 Å². The Labute approximate surface area is 142 Å². The zero-order valence-electron chi connectivity index (χ0n) is 13.1. The van der Waals surface area contributed by atoms with Crippen molar-refractivity contribution in [1.29, 1.82) is 0 Å². The molecule has 0 aliphatic carbocycles. The number of hydrogen-bond donors (Lipinski definition) is 3. The summed E-state index contributed by atoms with van der Waals surface area (Å²) in [5, 5.41) is 17.1. The van der Waals surface area contributed by atoms with Crippen LogP contribution in [0.2, 0.25) is 0 Å². The fourth-order valence-corrected chi connectivity index (χ4v) is 3.75. The first-order valence-electron chi connectivity index (χ1n) is 7.20. The smallest absolute Gasteiger partial charge is 0.337 e. The molecule has 1 aliphatic rings. The first-order chi connectivity index (χ1) is 11.1. The van der Waals surface area contributed by atoms with Crippen LogP contribution in [0.15, 0.2) is 15.6 Å². The molecule has 0 bridgehead atoms. The van der Waals surface area contributed by atoms with Crippen molar-refractivity contribution >= 4 is 40.2 Å². The summed E-state index contributed by atoms with van der Waals surface area (Å²) in [6.45, 7) is 3.95. The highest BCUT2D eigenvalue weighted by atomic mass is 32.2. The van der Waals surface area contributed by atoms with E-state index >= 15 is 0 Å². The SMILES string of the molecule is CCOC(=O)C1=C(CSc2nnc(NC)s2)NC(=O)N[C@H]1CC. The molecule has 126 valence electrons. The summed E-state index contributed by atoms with van der Waals surface area (Å²) in [5.74, 6) is 0.00628. The monoisotopic (exact) mass is 357 g/mol. The van der Waals surface area contributed by atoms with Gasteiger partial charge >= 0.3 is 12.0 Å². The second-order valence-electron chi connectivity index (χ2n) is 4.58. The van der Waals surface area contributed by atoms with Gasteiger partial charge in [0.25, 0.3) is 0 Å². The summed E-state index contributed by atoms with van der Waals surface area (Å²) in [5.41, 5.74) is 1.03. The van der Waals surface area contributed by atoms with E-state index in [2.05, 4.69) is 26.1 Å². The van der Waals surface area contributed by atoms with Gasteiger partial charge in [-0.25, -0.2) is 9.59 Å². The molecule has 2 amide bonds. The predicted molar refractivity (Wildman–Crippen MR) is 89.6 cm³/mol. The average Bonchev–Trinajstić information content (AvgIpc) is 3.00. The molecular weight excluding hydrogens is 338 g/mol. The molecule has 0 unspecified atom stereocenters. The van der Waals surface area contributed by atoms with Crippen molar-refractivity contribution in [3.05, 3.63) is 11.3 Å². The number of nitrogens with zero attached hydrogens (tertiary/aromatic N) is 2. The lowest BCUT2D eigenvalue weighted by atomic mass is 10.0. The summed E-state index contributed by atoms with van der Waals surface area (Å²) in [6, 6.07) is -0.658. The maximum absolute atomic E-state index is 12.2. The largest absolute Gasteiger partial charge is 0.463 e. The summed E-state index contributed by atoms with van der Waals surface area (Å²) < 4.78 is 5.88. The maximum atomic E-state index is 12.2. The lowest BCUT2D eigenvalue weighted by molar-refractivity contribution is -0.139. The maximum Gasteiger partial charge on any atom is 0.337 e. The number of hydrogen-bond acceptors (Lipinski definition) is 8. The van der Waals surface area contributed by atoms with E-state index in [1.54, 1.807) is 14.0 Å². The van der Waals surface area contributed by atoms with Crippen LogP contribution in [0.3, 0.4) is 0 Å². The Balaban J connectivity index is 2.20. The van der Waals surface area contributed by atoms with Gasteiger partial charge in [-0.2, -0.15) is 0 Å². The number of carbonyl (C=O) groups is 2. The summed E-state index contributed by atoms with van der Waals surface area (Å²) in [4.78, 5) is 24.0. The van der Waals surface area contributed by atoms with Gasteiger partial charge in [0.2, 0.25) is 5.13 Å². The van der Waals surface area contributed by atoms with Gasteiger partial charge in [0.1, 0.15) is 0 Å². The minimum atomic E-state index is -0.407. The number of urea groups is 1. The summed E-state index contributed by atoms with van der Waals surface area (Å²) in [7, 11) is 1.77. The van der Waals surface area contributed by atoms with Crippen LogP contribution in [0.4, 0.5) is 9.93 Å². The fraction of sp³-hybridized carbons (Fsp3) is 0.538. The van der Waals surface area contributed by atoms with Gasteiger partial charge in [-0.3, -0.25) is 0 Å². The number of nitrogens with one attached hydrogen (secondary N) is 3. The highest BCUT2D eigenvalue weighted by molar-refractivity contribution is 8.01. The predicted octanol–water partition coefficient (Wildman–Crippen LogP) is 1.58. The van der Waals surface area contributed by atoms with Gasteiger partial charge in [0.05, 0.1) is 18.2 Å². The average molecular weight is 357 g/mol. The van der Waals surface area contributed by atoms with Crippen molar-refractivity contribution in [3.8, 4) is 0 Å². The molecule has 3 N–H and O–H groups in total. The van der Waals surface area contributed by atoms with Crippen molar-refractivity contribution in [3.63, 3.8) is 0 Å². The van der Waals surface area contributed by atoms with Gasteiger partial charge in [0.15, 0.2) is 4.34 Å². The fourth-order valence-electron chi connectivity index (χ4n) is 2.08. The van der Waals surface area contributed by atoms with Crippen molar-refractivity contribution < 1.29 is 14.3 Å².